The third kappa shape index (κ3) is 3.55. The van der Waals surface area contributed by atoms with Crippen LogP contribution in [0.1, 0.15) is 29.7 Å². The summed E-state index contributed by atoms with van der Waals surface area (Å²) < 4.78 is 0. The van der Waals surface area contributed by atoms with E-state index in [4.69, 9.17) is 5.73 Å². The van der Waals surface area contributed by atoms with Gasteiger partial charge in [-0.3, -0.25) is 4.98 Å². The lowest BCUT2D eigenvalue weighted by Crippen LogP contribution is -2.24. The second kappa shape index (κ2) is 6.34. The Labute approximate surface area is 114 Å². The predicted molar refractivity (Wildman–Crippen MR) is 80.0 cm³/mol. The Bertz CT molecular complexity index is 537. The lowest BCUT2D eigenvalue weighted by Gasteiger charge is -2.20. The first-order valence-corrected chi connectivity index (χ1v) is 6.69. The van der Waals surface area contributed by atoms with Gasteiger partial charge >= 0.3 is 0 Å². The first-order chi connectivity index (χ1) is 9.20. The van der Waals surface area contributed by atoms with Crippen molar-refractivity contribution in [1.29, 1.82) is 0 Å². The fourth-order valence-corrected chi connectivity index (χ4v) is 2.32. The zero-order valence-corrected chi connectivity index (χ0v) is 11.6. The molecule has 100 valence electrons. The zero-order valence-electron chi connectivity index (χ0n) is 11.6. The van der Waals surface area contributed by atoms with Crippen LogP contribution in [0.2, 0.25) is 0 Å². The Balaban J connectivity index is 2.24. The molecule has 19 heavy (non-hydrogen) atoms. The van der Waals surface area contributed by atoms with Crippen LogP contribution in [0.3, 0.4) is 0 Å². The van der Waals surface area contributed by atoms with E-state index in [0.717, 1.165) is 24.2 Å². The highest BCUT2D eigenvalue weighted by Crippen LogP contribution is 2.23. The van der Waals surface area contributed by atoms with Crippen LogP contribution in [0, 0.1) is 6.92 Å². The van der Waals surface area contributed by atoms with Crippen LogP contribution in [0.4, 0.5) is 5.69 Å². The minimum absolute atomic E-state index is 0.209. The molecule has 1 atom stereocenters. The number of anilines is 1. The van der Waals surface area contributed by atoms with Gasteiger partial charge < -0.3 is 11.1 Å². The first-order valence-electron chi connectivity index (χ1n) is 6.69. The summed E-state index contributed by atoms with van der Waals surface area (Å²) in [5.74, 6) is 0. The number of hydrogen-bond donors (Lipinski definition) is 2. The molecule has 0 saturated carbocycles. The molecule has 0 aliphatic rings. The van der Waals surface area contributed by atoms with Gasteiger partial charge in [0.1, 0.15) is 0 Å². The van der Waals surface area contributed by atoms with Gasteiger partial charge in [-0.05, 0) is 31.5 Å². The van der Waals surface area contributed by atoms with Gasteiger partial charge in [0.2, 0.25) is 0 Å². The number of benzene rings is 1. The highest BCUT2D eigenvalue weighted by atomic mass is 14.9. The molecule has 3 N–H and O–H groups in total. The summed E-state index contributed by atoms with van der Waals surface area (Å²) in [5, 5.41) is 3.49. The maximum atomic E-state index is 6.06. The van der Waals surface area contributed by atoms with E-state index in [-0.39, 0.29) is 6.04 Å². The van der Waals surface area contributed by atoms with Crippen molar-refractivity contribution in [3.63, 3.8) is 0 Å². The molecule has 3 heteroatoms. The number of aromatic nitrogens is 1. The maximum absolute atomic E-state index is 6.06. The quantitative estimate of drug-likeness (QED) is 0.863. The van der Waals surface area contributed by atoms with E-state index in [0.29, 0.717) is 0 Å². The molecule has 2 rings (SSSR count). The number of nitrogens with one attached hydrogen (secondary N) is 1. The normalized spacial score (nSPS) is 12.3. The van der Waals surface area contributed by atoms with Crippen molar-refractivity contribution >= 4 is 5.69 Å². The molecule has 1 unspecified atom stereocenters. The average Bonchev–Trinajstić information content (AvgIpc) is 2.39. The fraction of sp³-hybridized carbons (Fsp3) is 0.312. The molecule has 0 aliphatic heterocycles. The van der Waals surface area contributed by atoms with Gasteiger partial charge in [-0.25, -0.2) is 0 Å². The molecule has 0 spiro atoms. The molecule has 0 fully saturated rings. The van der Waals surface area contributed by atoms with Gasteiger partial charge in [0.15, 0.2) is 0 Å². The minimum atomic E-state index is 0.209. The van der Waals surface area contributed by atoms with E-state index in [1.165, 1.54) is 11.1 Å². The van der Waals surface area contributed by atoms with Crippen molar-refractivity contribution in [2.24, 2.45) is 0 Å². The highest BCUT2D eigenvalue weighted by Gasteiger charge is 2.14. The van der Waals surface area contributed by atoms with Gasteiger partial charge in [0.25, 0.3) is 0 Å². The molecule has 1 aromatic heterocycles. The van der Waals surface area contributed by atoms with Gasteiger partial charge in [0.05, 0.1) is 0 Å². The van der Waals surface area contributed by atoms with Crippen molar-refractivity contribution in [1.82, 2.24) is 10.3 Å². The Hall–Kier alpha value is -1.87. The van der Waals surface area contributed by atoms with Crippen LogP contribution in [-0.2, 0) is 6.42 Å². The van der Waals surface area contributed by atoms with Crippen LogP contribution < -0.4 is 11.1 Å². The van der Waals surface area contributed by atoms with Crippen molar-refractivity contribution in [3.05, 3.63) is 59.4 Å². The van der Waals surface area contributed by atoms with E-state index in [1.807, 2.05) is 12.3 Å². The largest absolute Gasteiger partial charge is 0.398 e. The van der Waals surface area contributed by atoms with Gasteiger partial charge in [-0.1, -0.05) is 36.8 Å². The summed E-state index contributed by atoms with van der Waals surface area (Å²) >= 11 is 0. The van der Waals surface area contributed by atoms with Crippen LogP contribution in [0.5, 0.6) is 0 Å². The predicted octanol–water partition coefficient (Wildman–Crippen LogP) is 2.87. The van der Waals surface area contributed by atoms with E-state index in [9.17, 15) is 0 Å². The number of nitrogens with zero attached hydrogens (tertiary/aromatic N) is 1. The third-order valence-corrected chi connectivity index (χ3v) is 3.24. The number of aryl methyl sites for hydroxylation is 1. The second-order valence-electron chi connectivity index (χ2n) is 4.81. The third-order valence-electron chi connectivity index (χ3n) is 3.24. The molecular formula is C16H21N3. The van der Waals surface area contributed by atoms with E-state index < -0.39 is 0 Å². The number of nitrogens with two attached hydrogens (primary N) is 1. The molecular weight excluding hydrogens is 234 g/mol. The standard InChI is InChI=1S/C16H21N3/c1-3-19-16(14-11-18-8-7-15(14)17)10-13-6-4-5-12(2)9-13/h4-9,11,16,19H,3,10H2,1-2H3,(H2,17,18). The summed E-state index contributed by atoms with van der Waals surface area (Å²) in [4.78, 5) is 4.19. The van der Waals surface area contributed by atoms with Crippen molar-refractivity contribution in [2.45, 2.75) is 26.3 Å². The monoisotopic (exact) mass is 255 g/mol. The fourth-order valence-electron chi connectivity index (χ4n) is 2.32. The Kier molecular flexibility index (Phi) is 4.53. The smallest absolute Gasteiger partial charge is 0.0396 e. The molecule has 2 aromatic rings. The van der Waals surface area contributed by atoms with Crippen molar-refractivity contribution < 1.29 is 0 Å². The molecule has 0 bridgehead atoms. The minimum Gasteiger partial charge on any atom is -0.398 e. The summed E-state index contributed by atoms with van der Waals surface area (Å²) in [6, 6.07) is 10.7. The topological polar surface area (TPSA) is 50.9 Å². The maximum Gasteiger partial charge on any atom is 0.0396 e. The second-order valence-corrected chi connectivity index (χ2v) is 4.81. The van der Waals surface area contributed by atoms with Crippen LogP contribution in [0.15, 0.2) is 42.7 Å². The van der Waals surface area contributed by atoms with E-state index >= 15 is 0 Å². The summed E-state index contributed by atoms with van der Waals surface area (Å²) in [7, 11) is 0. The van der Waals surface area contributed by atoms with E-state index in [1.54, 1.807) is 6.20 Å². The average molecular weight is 255 g/mol. The molecule has 0 amide bonds. The van der Waals surface area contributed by atoms with Crippen LogP contribution >= 0.6 is 0 Å². The Morgan fingerprint density at radius 1 is 1.32 bits per heavy atom. The highest BCUT2D eigenvalue weighted by molar-refractivity contribution is 5.46. The van der Waals surface area contributed by atoms with Crippen LogP contribution in [0.25, 0.3) is 0 Å². The number of hydrogen-bond acceptors (Lipinski definition) is 3. The van der Waals surface area contributed by atoms with E-state index in [2.05, 4.69) is 48.4 Å². The SMILES string of the molecule is CCNC(Cc1cccc(C)c1)c1cnccc1N. The lowest BCUT2D eigenvalue weighted by molar-refractivity contribution is 0.549. The van der Waals surface area contributed by atoms with Gasteiger partial charge in [-0.2, -0.15) is 0 Å². The molecule has 0 saturated heterocycles. The number of rotatable bonds is 5. The van der Waals surface area contributed by atoms with Gasteiger partial charge in [-0.15, -0.1) is 0 Å². The molecule has 0 radical (unpaired) electrons. The van der Waals surface area contributed by atoms with Gasteiger partial charge in [0, 0.05) is 29.7 Å². The zero-order chi connectivity index (χ0) is 13.7. The van der Waals surface area contributed by atoms with Crippen molar-refractivity contribution in [2.75, 3.05) is 12.3 Å². The Morgan fingerprint density at radius 2 is 2.16 bits per heavy atom. The number of likely N-dealkylation sites (N-methyl/N-ethyl adjacent to an activating group) is 1. The Morgan fingerprint density at radius 3 is 2.84 bits per heavy atom. The molecule has 1 heterocycles. The number of nitrogen functional groups attached to an aromatic ring is 1. The van der Waals surface area contributed by atoms with Crippen LogP contribution in [-0.4, -0.2) is 11.5 Å². The summed E-state index contributed by atoms with van der Waals surface area (Å²) in [5.41, 5.74) is 10.5. The summed E-state index contributed by atoms with van der Waals surface area (Å²) in [6.45, 7) is 5.13. The molecule has 0 aliphatic carbocycles. The molecule has 3 nitrogen and oxygen atoms in total. The lowest BCUT2D eigenvalue weighted by atomic mass is 9.98. The van der Waals surface area contributed by atoms with Crippen molar-refractivity contribution in [3.8, 4) is 0 Å². The summed E-state index contributed by atoms with van der Waals surface area (Å²) in [6.07, 6.45) is 4.51. The number of pyridine rings is 1. The first kappa shape index (κ1) is 13.6. The molecule has 1 aromatic carbocycles.